The zero-order valence-electron chi connectivity index (χ0n) is 6.57. The number of carboxylic acid groups (broad SMARTS) is 1. The fourth-order valence-corrected chi connectivity index (χ4v) is 0.440. The molecule has 3 N–H and O–H groups in total. The van der Waals surface area contributed by atoms with Gasteiger partial charge in [0.05, 0.1) is 6.61 Å². The number of hydrogen-bond donors (Lipinski definition) is 3. The standard InChI is InChI=1S/C6H13NO3S/c1-6(2,11)10-3-4(7)5(8)9/h4,11H,3,7H2,1-2H3,(H,8,9). The van der Waals surface area contributed by atoms with Crippen molar-refractivity contribution in [2.45, 2.75) is 24.8 Å². The molecule has 0 rings (SSSR count). The number of thiol groups is 1. The summed E-state index contributed by atoms with van der Waals surface area (Å²) in [6.45, 7) is 3.40. The lowest BCUT2D eigenvalue weighted by Gasteiger charge is -2.19. The fraction of sp³-hybridized carbons (Fsp3) is 0.833. The van der Waals surface area contributed by atoms with Gasteiger partial charge in [0.15, 0.2) is 0 Å². The van der Waals surface area contributed by atoms with Crippen LogP contribution in [0, 0.1) is 0 Å². The van der Waals surface area contributed by atoms with Crippen molar-refractivity contribution >= 4 is 18.6 Å². The number of rotatable bonds is 4. The molecular formula is C6H13NO3S. The molecule has 0 aliphatic rings. The molecule has 0 aromatic rings. The molecule has 0 aliphatic carbocycles. The Kier molecular flexibility index (Phi) is 3.85. The van der Waals surface area contributed by atoms with Crippen molar-refractivity contribution in [2.75, 3.05) is 6.61 Å². The topological polar surface area (TPSA) is 72.5 Å². The van der Waals surface area contributed by atoms with Crippen LogP contribution in [-0.4, -0.2) is 28.7 Å². The first kappa shape index (κ1) is 10.7. The Balaban J connectivity index is 3.63. The fourth-order valence-electron chi connectivity index (χ4n) is 0.365. The van der Waals surface area contributed by atoms with E-state index in [2.05, 4.69) is 12.6 Å². The largest absolute Gasteiger partial charge is 0.480 e. The van der Waals surface area contributed by atoms with Crippen LogP contribution in [0.5, 0.6) is 0 Å². The van der Waals surface area contributed by atoms with E-state index in [1.165, 1.54) is 0 Å². The molecule has 0 aromatic carbocycles. The van der Waals surface area contributed by atoms with E-state index in [-0.39, 0.29) is 6.61 Å². The van der Waals surface area contributed by atoms with Crippen molar-refractivity contribution in [3.8, 4) is 0 Å². The van der Waals surface area contributed by atoms with E-state index in [0.29, 0.717) is 0 Å². The predicted octanol–water partition coefficient (Wildman–Crippen LogP) is 0.0808. The van der Waals surface area contributed by atoms with E-state index in [1.807, 2.05) is 0 Å². The molecule has 4 nitrogen and oxygen atoms in total. The van der Waals surface area contributed by atoms with E-state index in [4.69, 9.17) is 15.6 Å². The van der Waals surface area contributed by atoms with Crippen LogP contribution < -0.4 is 5.73 Å². The summed E-state index contributed by atoms with van der Waals surface area (Å²) in [5.41, 5.74) is 5.17. The van der Waals surface area contributed by atoms with Gasteiger partial charge in [-0.15, -0.1) is 12.6 Å². The highest BCUT2D eigenvalue weighted by atomic mass is 32.1. The molecule has 0 aliphatic heterocycles. The summed E-state index contributed by atoms with van der Waals surface area (Å²) in [6.07, 6.45) is 0. The summed E-state index contributed by atoms with van der Waals surface area (Å²) in [7, 11) is 0. The Morgan fingerprint density at radius 2 is 2.27 bits per heavy atom. The molecule has 66 valence electrons. The van der Waals surface area contributed by atoms with Crippen LogP contribution in [0.15, 0.2) is 0 Å². The Morgan fingerprint density at radius 1 is 1.82 bits per heavy atom. The van der Waals surface area contributed by atoms with Crippen molar-refractivity contribution in [2.24, 2.45) is 5.73 Å². The molecule has 0 heterocycles. The second-order valence-corrected chi connectivity index (χ2v) is 3.78. The van der Waals surface area contributed by atoms with E-state index in [1.54, 1.807) is 13.8 Å². The molecule has 11 heavy (non-hydrogen) atoms. The first-order valence-corrected chi connectivity index (χ1v) is 3.62. The van der Waals surface area contributed by atoms with Crippen molar-refractivity contribution in [3.05, 3.63) is 0 Å². The van der Waals surface area contributed by atoms with E-state index < -0.39 is 16.9 Å². The van der Waals surface area contributed by atoms with Crippen molar-refractivity contribution in [1.29, 1.82) is 0 Å². The monoisotopic (exact) mass is 179 g/mol. The van der Waals surface area contributed by atoms with Crippen molar-refractivity contribution in [3.63, 3.8) is 0 Å². The minimum absolute atomic E-state index is 0.0220. The van der Waals surface area contributed by atoms with Gasteiger partial charge in [0.2, 0.25) is 0 Å². The predicted molar refractivity (Wildman–Crippen MR) is 44.6 cm³/mol. The van der Waals surface area contributed by atoms with Gasteiger partial charge in [-0.2, -0.15) is 0 Å². The van der Waals surface area contributed by atoms with E-state index >= 15 is 0 Å². The maximum absolute atomic E-state index is 10.2. The molecule has 0 bridgehead atoms. The molecule has 5 heteroatoms. The van der Waals surface area contributed by atoms with Gasteiger partial charge in [0.25, 0.3) is 0 Å². The number of nitrogens with two attached hydrogens (primary N) is 1. The summed E-state index contributed by atoms with van der Waals surface area (Å²) in [5, 5.41) is 8.35. The number of ether oxygens (including phenoxy) is 1. The van der Waals surface area contributed by atoms with Crippen LogP contribution in [0.2, 0.25) is 0 Å². The van der Waals surface area contributed by atoms with Gasteiger partial charge >= 0.3 is 5.97 Å². The Hall–Kier alpha value is -0.260. The lowest BCUT2D eigenvalue weighted by atomic mass is 10.3. The molecular weight excluding hydrogens is 166 g/mol. The number of carbonyl (C=O) groups is 1. The summed E-state index contributed by atoms with van der Waals surface area (Å²) in [6, 6.07) is -0.971. The van der Waals surface area contributed by atoms with Gasteiger partial charge in [0, 0.05) is 0 Å². The van der Waals surface area contributed by atoms with Crippen molar-refractivity contribution < 1.29 is 14.6 Å². The maximum atomic E-state index is 10.2. The quantitative estimate of drug-likeness (QED) is 0.422. The van der Waals surface area contributed by atoms with Crippen LogP contribution in [0.3, 0.4) is 0 Å². The number of carboxylic acids is 1. The molecule has 0 fully saturated rings. The van der Waals surface area contributed by atoms with Gasteiger partial charge in [-0.1, -0.05) is 0 Å². The number of hydrogen-bond acceptors (Lipinski definition) is 4. The van der Waals surface area contributed by atoms with Crippen LogP contribution >= 0.6 is 12.6 Å². The lowest BCUT2D eigenvalue weighted by Crippen LogP contribution is -2.37. The van der Waals surface area contributed by atoms with Gasteiger partial charge < -0.3 is 15.6 Å². The normalized spacial score (nSPS) is 14.5. The molecule has 0 amide bonds. The van der Waals surface area contributed by atoms with Crippen molar-refractivity contribution in [1.82, 2.24) is 0 Å². The Labute approximate surface area is 71.1 Å². The van der Waals surface area contributed by atoms with Gasteiger partial charge in [-0.05, 0) is 13.8 Å². The average Bonchev–Trinajstić information content (AvgIpc) is 1.80. The van der Waals surface area contributed by atoms with Crippen LogP contribution in [-0.2, 0) is 9.53 Å². The Bertz CT molecular complexity index is 143. The summed E-state index contributed by atoms with van der Waals surface area (Å²) >= 11 is 4.03. The maximum Gasteiger partial charge on any atom is 0.322 e. The highest BCUT2D eigenvalue weighted by Crippen LogP contribution is 2.12. The zero-order valence-corrected chi connectivity index (χ0v) is 7.47. The minimum Gasteiger partial charge on any atom is -0.480 e. The zero-order chi connectivity index (χ0) is 9.07. The van der Waals surface area contributed by atoms with Crippen LogP contribution in [0.4, 0.5) is 0 Å². The lowest BCUT2D eigenvalue weighted by molar-refractivity contribution is -0.140. The molecule has 0 saturated heterocycles. The molecule has 1 unspecified atom stereocenters. The first-order valence-electron chi connectivity index (χ1n) is 3.17. The first-order chi connectivity index (χ1) is 4.83. The average molecular weight is 179 g/mol. The smallest absolute Gasteiger partial charge is 0.322 e. The third kappa shape index (κ3) is 6.15. The second-order valence-electron chi connectivity index (χ2n) is 2.70. The summed E-state index contributed by atoms with van der Waals surface area (Å²) in [5.74, 6) is -1.07. The van der Waals surface area contributed by atoms with Gasteiger partial charge in [0.1, 0.15) is 11.0 Å². The molecule has 0 aromatic heterocycles. The van der Waals surface area contributed by atoms with Gasteiger partial charge in [-0.25, -0.2) is 0 Å². The third-order valence-electron chi connectivity index (χ3n) is 0.933. The van der Waals surface area contributed by atoms with E-state index in [0.717, 1.165) is 0 Å². The highest BCUT2D eigenvalue weighted by Gasteiger charge is 2.17. The molecule has 0 radical (unpaired) electrons. The van der Waals surface area contributed by atoms with E-state index in [9.17, 15) is 4.79 Å². The second kappa shape index (κ2) is 3.94. The summed E-state index contributed by atoms with van der Waals surface area (Å²) in [4.78, 5) is 9.55. The summed E-state index contributed by atoms with van der Waals surface area (Å²) < 4.78 is 5.01. The number of aliphatic carboxylic acids is 1. The van der Waals surface area contributed by atoms with Gasteiger partial charge in [-0.3, -0.25) is 4.79 Å². The molecule has 0 spiro atoms. The van der Waals surface area contributed by atoms with Crippen LogP contribution in [0.1, 0.15) is 13.8 Å². The molecule has 1 atom stereocenters. The Morgan fingerprint density at radius 3 is 2.55 bits per heavy atom. The SMILES string of the molecule is CC(C)(S)OCC(N)C(=O)O. The minimum atomic E-state index is -1.07. The molecule has 0 saturated carbocycles. The van der Waals surface area contributed by atoms with Crippen LogP contribution in [0.25, 0.3) is 0 Å². The highest BCUT2D eigenvalue weighted by molar-refractivity contribution is 7.81. The third-order valence-corrected chi connectivity index (χ3v) is 1.06.